The first-order valence-corrected chi connectivity index (χ1v) is 7.62. The van der Waals surface area contributed by atoms with Crippen molar-refractivity contribution in [3.63, 3.8) is 0 Å². The number of hydrogen-bond acceptors (Lipinski definition) is 4. The number of nitrogens with two attached hydrogens (primary N) is 1. The lowest BCUT2D eigenvalue weighted by Crippen LogP contribution is -2.14. The van der Waals surface area contributed by atoms with E-state index in [4.69, 9.17) is 5.73 Å². The summed E-state index contributed by atoms with van der Waals surface area (Å²) in [6, 6.07) is 5.22. The Morgan fingerprint density at radius 3 is 3.00 bits per heavy atom. The molecule has 4 nitrogen and oxygen atoms in total. The number of anilines is 2. The number of nitrogen functional groups attached to an aromatic ring is 1. The molecule has 0 saturated heterocycles. The van der Waals surface area contributed by atoms with Crippen LogP contribution in [-0.2, 0) is 0 Å². The molecule has 0 atom stereocenters. The molecule has 0 aliphatic heterocycles. The number of carbonyl (C=O) groups excluding carboxylic acids is 1. The molecule has 1 fully saturated rings. The number of nitrogens with zero attached hydrogens (tertiary/aromatic N) is 1. The largest absolute Gasteiger partial charge is 0.398 e. The van der Waals surface area contributed by atoms with Crippen molar-refractivity contribution in [1.29, 1.82) is 0 Å². The molecule has 0 radical (unpaired) electrons. The predicted octanol–water partition coefficient (Wildman–Crippen LogP) is 3.62. The van der Waals surface area contributed by atoms with E-state index in [9.17, 15) is 4.79 Å². The summed E-state index contributed by atoms with van der Waals surface area (Å²) in [5.41, 5.74) is 7.81. The normalized spacial score (nSPS) is 14.4. The summed E-state index contributed by atoms with van der Waals surface area (Å²) in [6.45, 7) is 0. The number of benzene rings is 1. The van der Waals surface area contributed by atoms with Crippen molar-refractivity contribution in [3.8, 4) is 0 Å². The summed E-state index contributed by atoms with van der Waals surface area (Å²) in [4.78, 5) is 16.6. The second kappa shape index (κ2) is 4.94. The van der Waals surface area contributed by atoms with Gasteiger partial charge in [-0.1, -0.05) is 15.9 Å². The molecule has 19 heavy (non-hydrogen) atoms. The van der Waals surface area contributed by atoms with E-state index in [0.29, 0.717) is 22.3 Å². The molecule has 3 N–H and O–H groups in total. The van der Waals surface area contributed by atoms with Crippen LogP contribution in [0.25, 0.3) is 0 Å². The van der Waals surface area contributed by atoms with Crippen molar-refractivity contribution in [2.75, 3.05) is 11.1 Å². The van der Waals surface area contributed by atoms with Crippen LogP contribution in [0.2, 0.25) is 0 Å². The van der Waals surface area contributed by atoms with Crippen LogP contribution in [0.1, 0.15) is 34.8 Å². The molecule has 2 aromatic rings. The van der Waals surface area contributed by atoms with Crippen LogP contribution in [0.3, 0.4) is 0 Å². The van der Waals surface area contributed by atoms with Crippen molar-refractivity contribution in [1.82, 2.24) is 4.98 Å². The highest BCUT2D eigenvalue weighted by Crippen LogP contribution is 2.40. The Balaban J connectivity index is 1.77. The zero-order chi connectivity index (χ0) is 13.4. The summed E-state index contributed by atoms with van der Waals surface area (Å²) < 4.78 is 0.824. The fraction of sp³-hybridized carbons (Fsp3) is 0.231. The van der Waals surface area contributed by atoms with Crippen molar-refractivity contribution >= 4 is 44.0 Å². The highest BCUT2D eigenvalue weighted by atomic mass is 79.9. The highest BCUT2D eigenvalue weighted by molar-refractivity contribution is 9.10. The number of amides is 1. The van der Waals surface area contributed by atoms with Crippen LogP contribution in [0.15, 0.2) is 28.1 Å². The predicted molar refractivity (Wildman–Crippen MR) is 80.6 cm³/mol. The smallest absolute Gasteiger partial charge is 0.259 e. The van der Waals surface area contributed by atoms with Gasteiger partial charge in [-0.05, 0) is 31.0 Å². The van der Waals surface area contributed by atoms with Crippen LogP contribution < -0.4 is 11.1 Å². The van der Waals surface area contributed by atoms with Crippen LogP contribution in [0.5, 0.6) is 0 Å². The van der Waals surface area contributed by atoms with Gasteiger partial charge in [-0.15, -0.1) is 11.3 Å². The molecular weight excluding hydrogens is 326 g/mol. The molecule has 1 amide bonds. The molecule has 0 spiro atoms. The Morgan fingerprint density at radius 1 is 1.47 bits per heavy atom. The van der Waals surface area contributed by atoms with Gasteiger partial charge in [-0.25, -0.2) is 4.98 Å². The van der Waals surface area contributed by atoms with Crippen molar-refractivity contribution in [2.45, 2.75) is 18.8 Å². The summed E-state index contributed by atoms with van der Waals surface area (Å²) in [5, 5.41) is 5.44. The molecule has 0 bridgehead atoms. The lowest BCUT2D eigenvalue weighted by atomic mass is 10.2. The van der Waals surface area contributed by atoms with Gasteiger partial charge in [0.25, 0.3) is 5.91 Å². The molecule has 0 unspecified atom stereocenters. The molecular formula is C13H12BrN3OS. The van der Waals surface area contributed by atoms with E-state index in [2.05, 4.69) is 26.2 Å². The van der Waals surface area contributed by atoms with Crippen molar-refractivity contribution in [3.05, 3.63) is 39.3 Å². The van der Waals surface area contributed by atoms with Crippen LogP contribution in [0, 0.1) is 0 Å². The van der Waals surface area contributed by atoms with Crippen LogP contribution in [-0.4, -0.2) is 10.9 Å². The SMILES string of the molecule is Nc1ccc(Br)cc1C(=O)Nc1nc(C2CC2)cs1. The van der Waals surface area contributed by atoms with Crippen LogP contribution in [0.4, 0.5) is 10.8 Å². The molecule has 1 aliphatic carbocycles. The van der Waals surface area contributed by atoms with Gasteiger partial charge in [-0.3, -0.25) is 10.1 Å². The van der Waals surface area contributed by atoms with Gasteiger partial charge in [0.1, 0.15) is 0 Å². The molecule has 98 valence electrons. The van der Waals surface area contributed by atoms with Gasteiger partial charge >= 0.3 is 0 Å². The van der Waals surface area contributed by atoms with Crippen molar-refractivity contribution in [2.24, 2.45) is 0 Å². The number of thiazole rings is 1. The fourth-order valence-corrected chi connectivity index (χ4v) is 2.95. The minimum absolute atomic E-state index is 0.226. The van der Waals surface area contributed by atoms with Gasteiger partial charge in [0.15, 0.2) is 5.13 Å². The topological polar surface area (TPSA) is 68.0 Å². The maximum Gasteiger partial charge on any atom is 0.259 e. The number of aromatic nitrogens is 1. The Kier molecular flexibility index (Phi) is 3.28. The quantitative estimate of drug-likeness (QED) is 0.840. The first-order valence-electron chi connectivity index (χ1n) is 5.95. The fourth-order valence-electron chi connectivity index (χ4n) is 1.80. The Hall–Kier alpha value is -1.40. The Bertz CT molecular complexity index is 637. The van der Waals surface area contributed by atoms with Gasteiger partial charge in [-0.2, -0.15) is 0 Å². The average Bonchev–Trinajstić information content (AvgIpc) is 3.13. The molecule has 1 heterocycles. The van der Waals surface area contributed by atoms with Gasteiger partial charge < -0.3 is 5.73 Å². The third kappa shape index (κ3) is 2.79. The van der Waals surface area contributed by atoms with Gasteiger partial charge in [0, 0.05) is 21.5 Å². The minimum Gasteiger partial charge on any atom is -0.398 e. The summed E-state index contributed by atoms with van der Waals surface area (Å²) in [6.07, 6.45) is 2.41. The third-order valence-corrected chi connectivity index (χ3v) is 4.27. The molecule has 1 aliphatic rings. The number of rotatable bonds is 3. The van der Waals surface area contributed by atoms with E-state index in [0.717, 1.165) is 10.2 Å². The lowest BCUT2D eigenvalue weighted by molar-refractivity contribution is 0.102. The Morgan fingerprint density at radius 2 is 2.26 bits per heavy atom. The minimum atomic E-state index is -0.226. The average molecular weight is 338 g/mol. The maximum absolute atomic E-state index is 12.1. The first-order chi connectivity index (χ1) is 9.13. The monoisotopic (exact) mass is 337 g/mol. The number of carbonyl (C=O) groups is 1. The molecule has 1 aromatic carbocycles. The summed E-state index contributed by atoms with van der Waals surface area (Å²) in [5.74, 6) is 0.369. The zero-order valence-electron chi connectivity index (χ0n) is 10.0. The summed E-state index contributed by atoms with van der Waals surface area (Å²) in [7, 11) is 0. The summed E-state index contributed by atoms with van der Waals surface area (Å²) >= 11 is 4.79. The second-order valence-corrected chi connectivity index (χ2v) is 6.31. The molecule has 1 saturated carbocycles. The van der Waals surface area contributed by atoms with Gasteiger partial charge in [0.05, 0.1) is 11.3 Å². The highest BCUT2D eigenvalue weighted by Gasteiger charge is 2.26. The Labute approximate surface area is 123 Å². The second-order valence-electron chi connectivity index (χ2n) is 4.54. The zero-order valence-corrected chi connectivity index (χ0v) is 12.4. The number of nitrogens with one attached hydrogen (secondary N) is 1. The standard InChI is InChI=1S/C13H12BrN3OS/c14-8-3-4-10(15)9(5-8)12(18)17-13-16-11(6-19-13)7-1-2-7/h3-7H,1-2,15H2,(H,16,17,18). The maximum atomic E-state index is 12.1. The number of halogens is 1. The van der Waals surface area contributed by atoms with E-state index in [1.54, 1.807) is 18.2 Å². The third-order valence-electron chi connectivity index (χ3n) is 3.00. The first kappa shape index (κ1) is 12.6. The van der Waals surface area contributed by atoms with E-state index in [-0.39, 0.29) is 5.91 Å². The van der Waals surface area contributed by atoms with Gasteiger partial charge in [0.2, 0.25) is 0 Å². The van der Waals surface area contributed by atoms with Crippen molar-refractivity contribution < 1.29 is 4.79 Å². The van der Waals surface area contributed by atoms with E-state index in [1.807, 2.05) is 5.38 Å². The molecule has 3 rings (SSSR count). The van der Waals surface area contributed by atoms with Crippen LogP contribution >= 0.6 is 27.3 Å². The molecule has 6 heteroatoms. The molecule has 1 aromatic heterocycles. The number of hydrogen-bond donors (Lipinski definition) is 2. The van der Waals surface area contributed by atoms with E-state index >= 15 is 0 Å². The van der Waals surface area contributed by atoms with E-state index < -0.39 is 0 Å². The lowest BCUT2D eigenvalue weighted by Gasteiger charge is -2.05. The van der Waals surface area contributed by atoms with E-state index in [1.165, 1.54) is 24.2 Å².